The smallest absolute Gasteiger partial charge is 0.349 e. The summed E-state index contributed by atoms with van der Waals surface area (Å²) in [7, 11) is 1.35. The van der Waals surface area contributed by atoms with Gasteiger partial charge in [-0.3, -0.25) is 0 Å². The fourth-order valence-electron chi connectivity index (χ4n) is 1.23. The minimum absolute atomic E-state index is 0.353. The van der Waals surface area contributed by atoms with Crippen LogP contribution in [0.3, 0.4) is 0 Å². The van der Waals surface area contributed by atoms with E-state index in [2.05, 4.69) is 9.72 Å². The highest BCUT2D eigenvalue weighted by Gasteiger charge is 2.10. The van der Waals surface area contributed by atoms with Gasteiger partial charge in [0.05, 0.1) is 13.3 Å². The van der Waals surface area contributed by atoms with Crippen LogP contribution in [0.15, 0.2) is 36.5 Å². The lowest BCUT2D eigenvalue weighted by molar-refractivity contribution is 0.0606. The van der Waals surface area contributed by atoms with E-state index >= 15 is 0 Å². The molecule has 2 aromatic rings. The Bertz CT molecular complexity index is 495. The number of aromatic nitrogens is 1. The normalized spacial score (nSPS) is 9.94. The van der Waals surface area contributed by atoms with Gasteiger partial charge in [0.25, 0.3) is 0 Å². The topological polar surface area (TPSA) is 48.4 Å². The van der Waals surface area contributed by atoms with E-state index in [-0.39, 0.29) is 5.97 Å². The van der Waals surface area contributed by atoms with Gasteiger partial charge in [-0.05, 0) is 12.1 Å². The van der Waals surface area contributed by atoms with Crippen molar-refractivity contribution in [3.05, 3.63) is 46.4 Å². The maximum absolute atomic E-state index is 11.2. The minimum Gasteiger partial charge on any atom is -0.486 e. The zero-order valence-electron chi connectivity index (χ0n) is 9.25. The lowest BCUT2D eigenvalue weighted by atomic mass is 10.3. The van der Waals surface area contributed by atoms with Crippen molar-refractivity contribution in [2.75, 3.05) is 7.11 Å². The number of carbonyl (C=O) groups excluding carboxylic acids is 1. The second kappa shape index (κ2) is 5.45. The molecular formula is C12H11NO3S. The molecule has 2 rings (SSSR count). The molecule has 0 saturated carbocycles. The summed E-state index contributed by atoms with van der Waals surface area (Å²) in [6, 6.07) is 9.46. The Labute approximate surface area is 103 Å². The number of hydrogen-bond acceptors (Lipinski definition) is 5. The average molecular weight is 249 g/mol. The number of esters is 1. The molecule has 4 nitrogen and oxygen atoms in total. The van der Waals surface area contributed by atoms with Gasteiger partial charge in [-0.15, -0.1) is 11.3 Å². The Morgan fingerprint density at radius 2 is 2.12 bits per heavy atom. The maximum atomic E-state index is 11.2. The molecule has 1 aromatic carbocycles. The van der Waals surface area contributed by atoms with Gasteiger partial charge in [0.1, 0.15) is 22.2 Å². The quantitative estimate of drug-likeness (QED) is 0.781. The highest BCUT2D eigenvalue weighted by Crippen LogP contribution is 2.17. The number of rotatable bonds is 4. The minimum atomic E-state index is -0.367. The summed E-state index contributed by atoms with van der Waals surface area (Å²) >= 11 is 1.27. The Hall–Kier alpha value is -1.88. The van der Waals surface area contributed by atoms with Crippen LogP contribution in [0.25, 0.3) is 0 Å². The van der Waals surface area contributed by atoms with E-state index < -0.39 is 0 Å². The van der Waals surface area contributed by atoms with Crippen LogP contribution in [-0.2, 0) is 11.3 Å². The molecular weight excluding hydrogens is 238 g/mol. The third-order valence-corrected chi connectivity index (χ3v) is 3.00. The highest BCUT2D eigenvalue weighted by atomic mass is 32.1. The molecule has 0 saturated heterocycles. The number of thiazole rings is 1. The number of benzene rings is 1. The summed E-state index contributed by atoms with van der Waals surface area (Å²) in [6.45, 7) is 0.353. The number of ether oxygens (including phenoxy) is 2. The zero-order valence-corrected chi connectivity index (χ0v) is 10.1. The number of para-hydroxylation sites is 1. The number of methoxy groups -OCH3 is 1. The second-order valence-electron chi connectivity index (χ2n) is 3.21. The van der Waals surface area contributed by atoms with Gasteiger partial charge >= 0.3 is 5.97 Å². The molecule has 0 bridgehead atoms. The fourth-order valence-corrected chi connectivity index (χ4v) is 1.98. The highest BCUT2D eigenvalue weighted by molar-refractivity contribution is 7.13. The van der Waals surface area contributed by atoms with E-state index in [0.717, 1.165) is 10.8 Å². The van der Waals surface area contributed by atoms with E-state index in [1.165, 1.54) is 24.6 Å². The first-order valence-electron chi connectivity index (χ1n) is 5.00. The lowest BCUT2D eigenvalue weighted by Gasteiger charge is -2.02. The van der Waals surface area contributed by atoms with Gasteiger partial charge < -0.3 is 9.47 Å². The summed E-state index contributed by atoms with van der Waals surface area (Å²) in [5.41, 5.74) is 0. The molecule has 0 aliphatic rings. The Morgan fingerprint density at radius 3 is 2.82 bits per heavy atom. The largest absolute Gasteiger partial charge is 0.486 e. The van der Waals surface area contributed by atoms with Gasteiger partial charge in [-0.25, -0.2) is 9.78 Å². The molecule has 0 spiro atoms. The molecule has 1 aromatic heterocycles. The van der Waals surface area contributed by atoms with Crippen molar-refractivity contribution in [3.63, 3.8) is 0 Å². The molecule has 0 atom stereocenters. The van der Waals surface area contributed by atoms with Crippen molar-refractivity contribution in [2.24, 2.45) is 0 Å². The Balaban J connectivity index is 1.96. The standard InChI is InChI=1S/C12H11NO3S/c1-15-12(14)10-7-13-11(17-10)8-16-9-5-3-2-4-6-9/h2-7H,8H2,1H3. The molecule has 0 amide bonds. The van der Waals surface area contributed by atoms with Gasteiger partial charge in [-0.2, -0.15) is 0 Å². The summed E-state index contributed by atoms with van der Waals surface area (Å²) in [4.78, 5) is 15.8. The second-order valence-corrected chi connectivity index (χ2v) is 4.33. The molecule has 1 heterocycles. The molecule has 88 valence electrons. The number of carbonyl (C=O) groups is 1. The average Bonchev–Trinajstić information content (AvgIpc) is 2.85. The Morgan fingerprint density at radius 1 is 1.35 bits per heavy atom. The number of nitrogens with zero attached hydrogens (tertiary/aromatic N) is 1. The van der Waals surface area contributed by atoms with Crippen LogP contribution in [0.2, 0.25) is 0 Å². The molecule has 0 radical (unpaired) electrons. The third-order valence-electron chi connectivity index (χ3n) is 2.05. The first kappa shape index (κ1) is 11.6. The van der Waals surface area contributed by atoms with E-state index in [0.29, 0.717) is 11.5 Å². The van der Waals surface area contributed by atoms with E-state index in [4.69, 9.17) is 4.74 Å². The summed E-state index contributed by atoms with van der Waals surface area (Å²) in [5, 5.41) is 0.745. The molecule has 0 aliphatic carbocycles. The van der Waals surface area contributed by atoms with Gasteiger partial charge in [0.2, 0.25) is 0 Å². The first-order chi connectivity index (χ1) is 8.29. The Kier molecular flexibility index (Phi) is 3.72. The summed E-state index contributed by atoms with van der Waals surface area (Å²) in [5.74, 6) is 0.413. The SMILES string of the molecule is COC(=O)c1cnc(COc2ccccc2)s1. The van der Waals surface area contributed by atoms with Crippen molar-refractivity contribution in [3.8, 4) is 5.75 Å². The van der Waals surface area contributed by atoms with E-state index in [1.54, 1.807) is 0 Å². The van der Waals surface area contributed by atoms with Crippen molar-refractivity contribution in [1.29, 1.82) is 0 Å². The third kappa shape index (κ3) is 3.04. The van der Waals surface area contributed by atoms with Crippen LogP contribution < -0.4 is 4.74 Å². The van der Waals surface area contributed by atoms with Crippen LogP contribution in [0.5, 0.6) is 5.75 Å². The monoisotopic (exact) mass is 249 g/mol. The van der Waals surface area contributed by atoms with E-state index in [9.17, 15) is 4.79 Å². The van der Waals surface area contributed by atoms with Crippen LogP contribution in [-0.4, -0.2) is 18.1 Å². The van der Waals surface area contributed by atoms with Crippen molar-refractivity contribution in [1.82, 2.24) is 4.98 Å². The lowest BCUT2D eigenvalue weighted by Crippen LogP contribution is -1.97. The fraction of sp³-hybridized carbons (Fsp3) is 0.167. The van der Waals surface area contributed by atoms with Crippen LogP contribution in [0.1, 0.15) is 14.7 Å². The van der Waals surface area contributed by atoms with Crippen molar-refractivity contribution < 1.29 is 14.3 Å². The molecule has 5 heteroatoms. The van der Waals surface area contributed by atoms with Crippen molar-refractivity contribution in [2.45, 2.75) is 6.61 Å². The molecule has 17 heavy (non-hydrogen) atoms. The predicted molar refractivity (Wildman–Crippen MR) is 64.2 cm³/mol. The molecule has 0 aliphatic heterocycles. The zero-order chi connectivity index (χ0) is 12.1. The molecule has 0 fully saturated rings. The van der Waals surface area contributed by atoms with Crippen LogP contribution >= 0.6 is 11.3 Å². The van der Waals surface area contributed by atoms with Crippen LogP contribution in [0, 0.1) is 0 Å². The van der Waals surface area contributed by atoms with Crippen LogP contribution in [0.4, 0.5) is 0 Å². The first-order valence-corrected chi connectivity index (χ1v) is 5.82. The van der Waals surface area contributed by atoms with Gasteiger partial charge in [-0.1, -0.05) is 18.2 Å². The molecule has 0 unspecified atom stereocenters. The van der Waals surface area contributed by atoms with Crippen molar-refractivity contribution >= 4 is 17.3 Å². The summed E-state index contributed by atoms with van der Waals surface area (Å²) in [6.07, 6.45) is 1.50. The van der Waals surface area contributed by atoms with Gasteiger partial charge in [0.15, 0.2) is 0 Å². The van der Waals surface area contributed by atoms with Gasteiger partial charge in [0, 0.05) is 0 Å². The maximum Gasteiger partial charge on any atom is 0.349 e. The predicted octanol–water partition coefficient (Wildman–Crippen LogP) is 2.51. The van der Waals surface area contributed by atoms with E-state index in [1.807, 2.05) is 30.3 Å². The molecule has 0 N–H and O–H groups in total. The summed E-state index contributed by atoms with van der Waals surface area (Å²) < 4.78 is 10.1. The number of hydrogen-bond donors (Lipinski definition) is 0.